The standard InChI is InChI=1S/C12H17N7/c1-12(2,3)18-10-9(15)11(17-8-16-10)19(6-4-13)7-5-14/h8H,6-7,15H2,1-3H3,(H,16,17,18). The van der Waals surface area contributed by atoms with E-state index < -0.39 is 0 Å². The summed E-state index contributed by atoms with van der Waals surface area (Å²) in [5.41, 5.74) is 6.14. The van der Waals surface area contributed by atoms with Crippen molar-refractivity contribution >= 4 is 17.3 Å². The van der Waals surface area contributed by atoms with Gasteiger partial charge in [0.15, 0.2) is 11.6 Å². The van der Waals surface area contributed by atoms with Crippen LogP contribution in [0.2, 0.25) is 0 Å². The van der Waals surface area contributed by atoms with Gasteiger partial charge in [0.1, 0.15) is 25.1 Å². The molecule has 1 heterocycles. The molecule has 1 aromatic heterocycles. The summed E-state index contributed by atoms with van der Waals surface area (Å²) >= 11 is 0. The third kappa shape index (κ3) is 4.00. The van der Waals surface area contributed by atoms with Crippen LogP contribution < -0.4 is 16.0 Å². The van der Waals surface area contributed by atoms with Crippen LogP contribution in [-0.2, 0) is 0 Å². The van der Waals surface area contributed by atoms with Gasteiger partial charge in [0, 0.05) is 5.54 Å². The molecule has 7 heteroatoms. The van der Waals surface area contributed by atoms with E-state index in [1.165, 1.54) is 11.2 Å². The fourth-order valence-electron chi connectivity index (χ4n) is 1.47. The second-order valence-electron chi connectivity index (χ2n) is 5.01. The largest absolute Gasteiger partial charge is 0.393 e. The maximum atomic E-state index is 8.77. The first kappa shape index (κ1) is 14.5. The number of aromatic nitrogens is 2. The van der Waals surface area contributed by atoms with Crippen molar-refractivity contribution in [2.45, 2.75) is 26.3 Å². The molecular weight excluding hydrogens is 242 g/mol. The maximum Gasteiger partial charge on any atom is 0.159 e. The predicted molar refractivity (Wildman–Crippen MR) is 73.3 cm³/mol. The number of hydrogen-bond donors (Lipinski definition) is 2. The third-order valence-corrected chi connectivity index (χ3v) is 2.18. The van der Waals surface area contributed by atoms with Crippen molar-refractivity contribution < 1.29 is 0 Å². The highest BCUT2D eigenvalue weighted by molar-refractivity contribution is 5.75. The second-order valence-corrected chi connectivity index (χ2v) is 5.01. The lowest BCUT2D eigenvalue weighted by molar-refractivity contribution is 0.630. The molecule has 0 spiro atoms. The van der Waals surface area contributed by atoms with E-state index in [2.05, 4.69) is 15.3 Å². The molecule has 3 N–H and O–H groups in total. The van der Waals surface area contributed by atoms with Crippen LogP contribution in [0, 0.1) is 22.7 Å². The van der Waals surface area contributed by atoms with E-state index in [0.29, 0.717) is 17.3 Å². The molecule has 0 amide bonds. The van der Waals surface area contributed by atoms with E-state index in [4.69, 9.17) is 16.3 Å². The zero-order valence-corrected chi connectivity index (χ0v) is 11.3. The molecule has 0 aliphatic rings. The Morgan fingerprint density at radius 2 is 1.84 bits per heavy atom. The molecule has 0 aromatic carbocycles. The van der Waals surface area contributed by atoms with E-state index in [1.54, 1.807) is 0 Å². The Morgan fingerprint density at radius 1 is 1.26 bits per heavy atom. The van der Waals surface area contributed by atoms with Crippen LogP contribution in [0.25, 0.3) is 0 Å². The molecular formula is C12H17N7. The number of nitrogens with zero attached hydrogens (tertiary/aromatic N) is 5. The molecule has 0 saturated heterocycles. The van der Waals surface area contributed by atoms with Gasteiger partial charge in [-0.25, -0.2) is 9.97 Å². The van der Waals surface area contributed by atoms with Crippen LogP contribution >= 0.6 is 0 Å². The molecule has 1 rings (SSSR count). The van der Waals surface area contributed by atoms with Crippen molar-refractivity contribution in [3.63, 3.8) is 0 Å². The molecule has 0 unspecified atom stereocenters. The van der Waals surface area contributed by atoms with Crippen molar-refractivity contribution in [2.75, 3.05) is 29.0 Å². The summed E-state index contributed by atoms with van der Waals surface area (Å²) in [5.74, 6) is 0.892. The molecule has 0 atom stereocenters. The SMILES string of the molecule is CC(C)(C)Nc1ncnc(N(CC#N)CC#N)c1N. The summed E-state index contributed by atoms with van der Waals surface area (Å²) < 4.78 is 0. The zero-order valence-electron chi connectivity index (χ0n) is 11.3. The Bertz CT molecular complexity index is 502. The van der Waals surface area contributed by atoms with Crippen molar-refractivity contribution in [1.29, 1.82) is 10.5 Å². The van der Waals surface area contributed by atoms with Gasteiger partial charge in [-0.1, -0.05) is 0 Å². The van der Waals surface area contributed by atoms with Gasteiger partial charge in [0.05, 0.1) is 12.1 Å². The topological polar surface area (TPSA) is 115 Å². The maximum absolute atomic E-state index is 8.77. The lowest BCUT2D eigenvalue weighted by atomic mass is 10.1. The molecule has 0 radical (unpaired) electrons. The van der Waals surface area contributed by atoms with Gasteiger partial charge < -0.3 is 16.0 Å². The Balaban J connectivity index is 3.12. The van der Waals surface area contributed by atoms with Gasteiger partial charge >= 0.3 is 0 Å². The molecule has 0 fully saturated rings. The number of nitrogens with one attached hydrogen (secondary N) is 1. The molecule has 7 nitrogen and oxygen atoms in total. The number of rotatable bonds is 4. The lowest BCUT2D eigenvalue weighted by Crippen LogP contribution is -2.29. The van der Waals surface area contributed by atoms with Crippen molar-refractivity contribution in [3.05, 3.63) is 6.33 Å². The first-order valence-corrected chi connectivity index (χ1v) is 5.76. The Labute approximate surface area is 112 Å². The summed E-state index contributed by atoms with van der Waals surface area (Å²) in [5, 5.41) is 20.7. The van der Waals surface area contributed by atoms with E-state index in [9.17, 15) is 0 Å². The molecule has 0 bridgehead atoms. The van der Waals surface area contributed by atoms with Gasteiger partial charge in [-0.15, -0.1) is 0 Å². The normalized spacial score (nSPS) is 10.4. The summed E-state index contributed by atoms with van der Waals surface area (Å²) in [6, 6.07) is 3.97. The van der Waals surface area contributed by atoms with Crippen LogP contribution in [0.5, 0.6) is 0 Å². The van der Waals surface area contributed by atoms with Gasteiger partial charge in [-0.2, -0.15) is 10.5 Å². The fraction of sp³-hybridized carbons (Fsp3) is 0.500. The number of nitrogens with two attached hydrogens (primary N) is 1. The molecule has 0 aliphatic carbocycles. The first-order chi connectivity index (χ1) is 8.89. The summed E-state index contributed by atoms with van der Waals surface area (Å²) in [6.07, 6.45) is 1.36. The number of nitriles is 2. The summed E-state index contributed by atoms with van der Waals surface area (Å²) in [4.78, 5) is 9.65. The minimum Gasteiger partial charge on any atom is -0.393 e. The number of anilines is 3. The van der Waals surface area contributed by atoms with E-state index in [0.717, 1.165) is 0 Å². The van der Waals surface area contributed by atoms with E-state index in [1.807, 2.05) is 32.9 Å². The molecule has 0 aliphatic heterocycles. The highest BCUT2D eigenvalue weighted by atomic mass is 15.2. The van der Waals surface area contributed by atoms with Crippen LogP contribution in [0.1, 0.15) is 20.8 Å². The lowest BCUT2D eigenvalue weighted by Gasteiger charge is -2.24. The molecule has 19 heavy (non-hydrogen) atoms. The highest BCUT2D eigenvalue weighted by Crippen LogP contribution is 2.27. The third-order valence-electron chi connectivity index (χ3n) is 2.18. The Kier molecular flexibility index (Phi) is 4.49. The molecule has 100 valence electrons. The van der Waals surface area contributed by atoms with Crippen molar-refractivity contribution in [2.24, 2.45) is 0 Å². The summed E-state index contributed by atoms with van der Waals surface area (Å²) in [6.45, 7) is 6.04. The monoisotopic (exact) mass is 259 g/mol. The minimum absolute atomic E-state index is 0.0454. The van der Waals surface area contributed by atoms with Crippen molar-refractivity contribution in [3.8, 4) is 12.1 Å². The average molecular weight is 259 g/mol. The molecule has 0 saturated carbocycles. The predicted octanol–water partition coefficient (Wildman–Crippen LogP) is 1.12. The second kappa shape index (κ2) is 5.87. The Morgan fingerprint density at radius 3 is 2.32 bits per heavy atom. The van der Waals surface area contributed by atoms with Crippen LogP contribution in [0.15, 0.2) is 6.33 Å². The minimum atomic E-state index is -0.199. The smallest absolute Gasteiger partial charge is 0.159 e. The van der Waals surface area contributed by atoms with Gasteiger partial charge in [0.25, 0.3) is 0 Å². The number of hydrogen-bond acceptors (Lipinski definition) is 7. The summed E-state index contributed by atoms with van der Waals surface area (Å²) in [7, 11) is 0. The first-order valence-electron chi connectivity index (χ1n) is 5.76. The zero-order chi connectivity index (χ0) is 14.5. The number of nitrogen functional groups attached to an aromatic ring is 1. The molecule has 1 aromatic rings. The fourth-order valence-corrected chi connectivity index (χ4v) is 1.47. The van der Waals surface area contributed by atoms with Gasteiger partial charge in [0.2, 0.25) is 0 Å². The van der Waals surface area contributed by atoms with Crippen LogP contribution in [0.3, 0.4) is 0 Å². The Hall–Kier alpha value is -2.54. The highest BCUT2D eigenvalue weighted by Gasteiger charge is 2.18. The average Bonchev–Trinajstić information content (AvgIpc) is 2.30. The van der Waals surface area contributed by atoms with E-state index in [-0.39, 0.29) is 18.6 Å². The van der Waals surface area contributed by atoms with Gasteiger partial charge in [-0.3, -0.25) is 0 Å². The van der Waals surface area contributed by atoms with Crippen LogP contribution in [0.4, 0.5) is 17.3 Å². The van der Waals surface area contributed by atoms with Gasteiger partial charge in [-0.05, 0) is 20.8 Å². The van der Waals surface area contributed by atoms with Crippen LogP contribution in [-0.4, -0.2) is 28.6 Å². The quantitative estimate of drug-likeness (QED) is 0.778. The van der Waals surface area contributed by atoms with Crippen molar-refractivity contribution in [1.82, 2.24) is 9.97 Å². The van der Waals surface area contributed by atoms with E-state index >= 15 is 0 Å².